The summed E-state index contributed by atoms with van der Waals surface area (Å²) in [5.41, 5.74) is 0. The summed E-state index contributed by atoms with van der Waals surface area (Å²) in [6.07, 6.45) is 0. The quantitative estimate of drug-likeness (QED) is 0.545. The fraction of sp³-hybridized carbons (Fsp3) is 0.429. The minimum atomic E-state index is 0.850. The molecule has 1 heterocycles. The van der Waals surface area contributed by atoms with Crippen molar-refractivity contribution in [2.24, 2.45) is 0 Å². The Morgan fingerprint density at radius 3 is 2.11 bits per heavy atom. The number of thiophene rings is 1. The van der Waals surface area contributed by atoms with Crippen molar-refractivity contribution in [3.8, 4) is 0 Å². The van der Waals surface area contributed by atoms with Crippen molar-refractivity contribution in [3.05, 3.63) is 21.3 Å². The second-order valence-corrected chi connectivity index (χ2v) is 2.93. The van der Waals surface area contributed by atoms with E-state index in [0.717, 1.165) is 5.02 Å². The second kappa shape index (κ2) is 4.83. The number of halogens is 1. The maximum absolute atomic E-state index is 5.57. The molecule has 0 fully saturated rings. The van der Waals surface area contributed by atoms with Crippen LogP contribution in [0.15, 0.2) is 11.4 Å². The molecular weight excluding hydrogens is 152 g/mol. The van der Waals surface area contributed by atoms with Crippen LogP contribution in [-0.2, 0) is 0 Å². The van der Waals surface area contributed by atoms with Crippen molar-refractivity contribution in [1.29, 1.82) is 0 Å². The molecule has 0 spiro atoms. The zero-order chi connectivity index (χ0) is 7.28. The Kier molecular flexibility index (Phi) is 4.83. The van der Waals surface area contributed by atoms with E-state index < -0.39 is 0 Å². The molecule has 0 unspecified atom stereocenters. The summed E-state index contributed by atoms with van der Waals surface area (Å²) in [5.74, 6) is 0. The molecule has 0 N–H and O–H groups in total. The van der Waals surface area contributed by atoms with E-state index in [-0.39, 0.29) is 0 Å². The largest absolute Gasteiger partial charge is 0.148 e. The van der Waals surface area contributed by atoms with E-state index >= 15 is 0 Å². The van der Waals surface area contributed by atoms with Gasteiger partial charge >= 0.3 is 0 Å². The van der Waals surface area contributed by atoms with Gasteiger partial charge in [0.2, 0.25) is 0 Å². The zero-order valence-electron chi connectivity index (χ0n) is 5.94. The maximum atomic E-state index is 5.57. The first-order valence-corrected chi connectivity index (χ1v) is 4.25. The first-order chi connectivity index (χ1) is 4.29. The minimum Gasteiger partial charge on any atom is -0.148 e. The van der Waals surface area contributed by atoms with E-state index in [1.165, 1.54) is 4.88 Å². The third-order valence-electron chi connectivity index (χ3n) is 0.699. The van der Waals surface area contributed by atoms with E-state index in [1.807, 2.05) is 32.2 Å². The molecule has 0 bridgehead atoms. The highest BCUT2D eigenvalue weighted by atomic mass is 35.5. The second-order valence-electron chi connectivity index (χ2n) is 1.38. The van der Waals surface area contributed by atoms with Crippen LogP contribution >= 0.6 is 22.9 Å². The molecule has 0 aliphatic rings. The summed E-state index contributed by atoms with van der Waals surface area (Å²) in [5, 5.41) is 2.78. The SMILES string of the molecule is CC.Cc1cc(Cl)cs1. The van der Waals surface area contributed by atoms with Crippen LogP contribution in [0.4, 0.5) is 0 Å². The third-order valence-corrected chi connectivity index (χ3v) is 1.91. The summed E-state index contributed by atoms with van der Waals surface area (Å²) >= 11 is 7.24. The van der Waals surface area contributed by atoms with Crippen molar-refractivity contribution in [1.82, 2.24) is 0 Å². The monoisotopic (exact) mass is 162 g/mol. The average molecular weight is 163 g/mol. The number of rotatable bonds is 0. The molecule has 0 amide bonds. The first kappa shape index (κ1) is 8.99. The van der Waals surface area contributed by atoms with E-state index in [0.29, 0.717) is 0 Å². The molecule has 0 nitrogen and oxygen atoms in total. The Bertz CT molecular complexity index is 141. The molecule has 1 aromatic heterocycles. The molecule has 1 aromatic rings. The summed E-state index contributed by atoms with van der Waals surface area (Å²) in [6.45, 7) is 6.04. The van der Waals surface area contributed by atoms with Crippen LogP contribution in [-0.4, -0.2) is 0 Å². The van der Waals surface area contributed by atoms with Crippen LogP contribution in [0.5, 0.6) is 0 Å². The molecule has 9 heavy (non-hydrogen) atoms. The van der Waals surface area contributed by atoms with Gasteiger partial charge in [-0.15, -0.1) is 11.3 Å². The summed E-state index contributed by atoms with van der Waals surface area (Å²) in [7, 11) is 0. The molecule has 0 atom stereocenters. The fourth-order valence-corrected chi connectivity index (χ4v) is 1.33. The van der Waals surface area contributed by atoms with E-state index in [1.54, 1.807) is 11.3 Å². The van der Waals surface area contributed by atoms with Gasteiger partial charge in [0.05, 0.1) is 5.02 Å². The number of aryl methyl sites for hydroxylation is 1. The Hall–Kier alpha value is -0.0100. The van der Waals surface area contributed by atoms with Gasteiger partial charge in [0.15, 0.2) is 0 Å². The normalized spacial score (nSPS) is 8.00. The summed E-state index contributed by atoms with van der Waals surface area (Å²) in [6, 6.07) is 1.95. The van der Waals surface area contributed by atoms with Gasteiger partial charge in [0, 0.05) is 10.3 Å². The molecule has 0 aromatic carbocycles. The highest BCUT2D eigenvalue weighted by molar-refractivity contribution is 7.10. The standard InChI is InChI=1S/C5H5ClS.C2H6/c1-4-2-5(6)3-7-4;1-2/h2-3H,1H3;1-2H3. The van der Waals surface area contributed by atoms with Crippen LogP contribution in [0.1, 0.15) is 18.7 Å². The van der Waals surface area contributed by atoms with Crippen LogP contribution in [0.2, 0.25) is 5.02 Å². The van der Waals surface area contributed by atoms with Crippen molar-refractivity contribution in [2.75, 3.05) is 0 Å². The van der Waals surface area contributed by atoms with Crippen molar-refractivity contribution < 1.29 is 0 Å². The van der Waals surface area contributed by atoms with Crippen molar-refractivity contribution in [3.63, 3.8) is 0 Å². The van der Waals surface area contributed by atoms with E-state index in [9.17, 15) is 0 Å². The topological polar surface area (TPSA) is 0 Å². The lowest BCUT2D eigenvalue weighted by molar-refractivity contribution is 1.50. The number of hydrogen-bond acceptors (Lipinski definition) is 1. The predicted octanol–water partition coefficient (Wildman–Crippen LogP) is 3.74. The lowest BCUT2D eigenvalue weighted by atomic mass is 10.5. The lowest BCUT2D eigenvalue weighted by Crippen LogP contribution is -1.46. The molecule has 2 heteroatoms. The van der Waals surface area contributed by atoms with E-state index in [2.05, 4.69) is 0 Å². The van der Waals surface area contributed by atoms with Gasteiger partial charge < -0.3 is 0 Å². The van der Waals surface area contributed by atoms with Crippen LogP contribution in [0.25, 0.3) is 0 Å². The third kappa shape index (κ3) is 3.55. The van der Waals surface area contributed by atoms with Crippen LogP contribution in [0.3, 0.4) is 0 Å². The number of hydrogen-bond donors (Lipinski definition) is 0. The average Bonchev–Trinajstić information content (AvgIpc) is 2.20. The molecule has 0 aliphatic carbocycles. The van der Waals surface area contributed by atoms with Gasteiger partial charge in [0.25, 0.3) is 0 Å². The zero-order valence-corrected chi connectivity index (χ0v) is 7.51. The van der Waals surface area contributed by atoms with Crippen molar-refractivity contribution in [2.45, 2.75) is 20.8 Å². The summed E-state index contributed by atoms with van der Waals surface area (Å²) < 4.78 is 0. The molecular formula is C7H11ClS. The Morgan fingerprint density at radius 2 is 2.00 bits per heavy atom. The molecule has 52 valence electrons. The van der Waals surface area contributed by atoms with Gasteiger partial charge in [0.1, 0.15) is 0 Å². The smallest absolute Gasteiger partial charge is 0.0515 e. The summed E-state index contributed by atoms with van der Waals surface area (Å²) in [4.78, 5) is 1.27. The molecule has 0 radical (unpaired) electrons. The molecule has 0 aliphatic heterocycles. The van der Waals surface area contributed by atoms with Gasteiger partial charge in [-0.05, 0) is 13.0 Å². The predicted molar refractivity (Wildman–Crippen MR) is 45.4 cm³/mol. The van der Waals surface area contributed by atoms with E-state index in [4.69, 9.17) is 11.6 Å². The van der Waals surface area contributed by atoms with Crippen LogP contribution in [0, 0.1) is 6.92 Å². The highest BCUT2D eigenvalue weighted by Crippen LogP contribution is 2.16. The van der Waals surface area contributed by atoms with Gasteiger partial charge in [-0.1, -0.05) is 25.4 Å². The molecule has 0 saturated heterocycles. The van der Waals surface area contributed by atoms with Crippen LogP contribution < -0.4 is 0 Å². The molecule has 0 saturated carbocycles. The Balaban J connectivity index is 0.000000291. The van der Waals surface area contributed by atoms with Gasteiger partial charge in [-0.3, -0.25) is 0 Å². The first-order valence-electron chi connectivity index (χ1n) is 2.99. The van der Waals surface area contributed by atoms with Gasteiger partial charge in [-0.25, -0.2) is 0 Å². The van der Waals surface area contributed by atoms with Crippen molar-refractivity contribution >= 4 is 22.9 Å². The Labute approximate surface area is 65.5 Å². The molecule has 1 rings (SSSR count). The Morgan fingerprint density at radius 1 is 1.44 bits per heavy atom. The fourth-order valence-electron chi connectivity index (χ4n) is 0.411. The highest BCUT2D eigenvalue weighted by Gasteiger charge is 1.86. The maximum Gasteiger partial charge on any atom is 0.0515 e. The minimum absolute atomic E-state index is 0.850. The lowest BCUT2D eigenvalue weighted by Gasteiger charge is -1.68. The van der Waals surface area contributed by atoms with Gasteiger partial charge in [-0.2, -0.15) is 0 Å².